The molecule has 3 heteroatoms. The van der Waals surface area contributed by atoms with Crippen molar-refractivity contribution in [1.82, 2.24) is 0 Å². The lowest BCUT2D eigenvalue weighted by Gasteiger charge is -1.95. The molecule has 3 aromatic rings. The third-order valence-electron chi connectivity index (χ3n) is 2.63. The van der Waals surface area contributed by atoms with Crippen LogP contribution in [0.25, 0.3) is 22.3 Å². The summed E-state index contributed by atoms with van der Waals surface area (Å²) in [5.41, 5.74) is 1.49. The number of phenols is 1. The monoisotopic (exact) mass is 228 g/mol. The summed E-state index contributed by atoms with van der Waals surface area (Å²) in [5.74, 6) is 0.581. The number of halogens is 1. The molecule has 1 aromatic heterocycles. The Morgan fingerprint density at radius 3 is 2.47 bits per heavy atom. The summed E-state index contributed by atoms with van der Waals surface area (Å²) in [4.78, 5) is 0. The molecular weight excluding hydrogens is 219 g/mol. The average Bonchev–Trinajstić information content (AvgIpc) is 2.72. The highest BCUT2D eigenvalue weighted by Gasteiger charge is 2.06. The van der Waals surface area contributed by atoms with Crippen molar-refractivity contribution in [2.45, 2.75) is 0 Å². The fourth-order valence-corrected chi connectivity index (χ4v) is 1.78. The minimum absolute atomic E-state index is 0.205. The quantitative estimate of drug-likeness (QED) is 0.684. The molecule has 2 nitrogen and oxygen atoms in total. The van der Waals surface area contributed by atoms with Crippen LogP contribution in [0.15, 0.2) is 52.9 Å². The Bertz CT molecular complexity index is 668. The predicted molar refractivity (Wildman–Crippen MR) is 63.3 cm³/mol. The second-order valence-electron chi connectivity index (χ2n) is 3.84. The van der Waals surface area contributed by atoms with Gasteiger partial charge in [-0.3, -0.25) is 0 Å². The normalized spacial score (nSPS) is 10.9. The van der Waals surface area contributed by atoms with Crippen molar-refractivity contribution in [3.63, 3.8) is 0 Å². The maximum atomic E-state index is 13.0. The molecule has 0 unspecified atom stereocenters. The third kappa shape index (κ3) is 1.76. The van der Waals surface area contributed by atoms with E-state index >= 15 is 0 Å². The number of aromatic hydroxyl groups is 1. The van der Waals surface area contributed by atoms with E-state index in [-0.39, 0.29) is 11.6 Å². The van der Waals surface area contributed by atoms with Gasteiger partial charge in [0.25, 0.3) is 0 Å². The van der Waals surface area contributed by atoms with E-state index in [1.54, 1.807) is 36.4 Å². The number of benzene rings is 2. The van der Waals surface area contributed by atoms with Crippen molar-refractivity contribution in [3.8, 4) is 17.1 Å². The van der Waals surface area contributed by atoms with E-state index in [2.05, 4.69) is 0 Å². The van der Waals surface area contributed by atoms with Crippen molar-refractivity contribution < 1.29 is 13.9 Å². The van der Waals surface area contributed by atoms with Gasteiger partial charge in [0.05, 0.1) is 0 Å². The molecule has 0 aliphatic heterocycles. The highest BCUT2D eigenvalue weighted by molar-refractivity contribution is 5.82. The Hall–Kier alpha value is -2.29. The standard InChI is InChI=1S/C14H9FO2/c15-11-3-6-13-10(7-11)8-14(17-13)9-1-4-12(16)5-2-9/h1-8,16H. The van der Waals surface area contributed by atoms with E-state index in [0.717, 1.165) is 10.9 Å². The van der Waals surface area contributed by atoms with Gasteiger partial charge in [-0.1, -0.05) is 0 Å². The molecule has 84 valence electrons. The molecule has 17 heavy (non-hydrogen) atoms. The molecule has 1 N–H and O–H groups in total. The molecular formula is C14H9FO2. The zero-order valence-corrected chi connectivity index (χ0v) is 8.85. The first-order valence-electron chi connectivity index (χ1n) is 5.21. The summed E-state index contributed by atoms with van der Waals surface area (Å²) in [6, 6.07) is 12.9. The van der Waals surface area contributed by atoms with Crippen LogP contribution in [0.1, 0.15) is 0 Å². The summed E-state index contributed by atoms with van der Waals surface area (Å²) in [5, 5.41) is 9.93. The first-order valence-corrected chi connectivity index (χ1v) is 5.21. The van der Waals surface area contributed by atoms with Crippen LogP contribution < -0.4 is 0 Å². The van der Waals surface area contributed by atoms with Crippen LogP contribution in [-0.4, -0.2) is 5.11 Å². The Kier molecular flexibility index (Phi) is 2.11. The van der Waals surface area contributed by atoms with Gasteiger partial charge in [0.15, 0.2) is 0 Å². The first-order chi connectivity index (χ1) is 8.22. The Morgan fingerprint density at radius 1 is 0.941 bits per heavy atom. The van der Waals surface area contributed by atoms with E-state index in [1.165, 1.54) is 12.1 Å². The Labute approximate surface area is 96.9 Å². The van der Waals surface area contributed by atoms with Crippen LogP contribution in [-0.2, 0) is 0 Å². The van der Waals surface area contributed by atoms with E-state index in [4.69, 9.17) is 4.42 Å². The Balaban J connectivity index is 2.14. The van der Waals surface area contributed by atoms with Crippen LogP contribution in [0, 0.1) is 5.82 Å². The van der Waals surface area contributed by atoms with Crippen molar-refractivity contribution in [1.29, 1.82) is 0 Å². The Morgan fingerprint density at radius 2 is 1.71 bits per heavy atom. The van der Waals surface area contributed by atoms with Crippen molar-refractivity contribution in [3.05, 3.63) is 54.3 Å². The molecule has 2 aromatic carbocycles. The zero-order chi connectivity index (χ0) is 11.8. The lowest BCUT2D eigenvalue weighted by atomic mass is 10.1. The topological polar surface area (TPSA) is 33.4 Å². The molecule has 0 amide bonds. The number of furan rings is 1. The summed E-state index contributed by atoms with van der Waals surface area (Å²) in [6.45, 7) is 0. The second-order valence-corrected chi connectivity index (χ2v) is 3.84. The highest BCUT2D eigenvalue weighted by atomic mass is 19.1. The van der Waals surface area contributed by atoms with Gasteiger partial charge in [0.2, 0.25) is 0 Å². The predicted octanol–water partition coefficient (Wildman–Crippen LogP) is 3.94. The van der Waals surface area contributed by atoms with Gasteiger partial charge in [-0.2, -0.15) is 0 Å². The lowest BCUT2D eigenvalue weighted by Crippen LogP contribution is -1.71. The van der Waals surface area contributed by atoms with Gasteiger partial charge in [-0.15, -0.1) is 0 Å². The smallest absolute Gasteiger partial charge is 0.135 e. The lowest BCUT2D eigenvalue weighted by molar-refractivity contribution is 0.475. The molecule has 0 saturated heterocycles. The number of hydrogen-bond donors (Lipinski definition) is 1. The van der Waals surface area contributed by atoms with Gasteiger partial charge in [0, 0.05) is 10.9 Å². The largest absolute Gasteiger partial charge is 0.508 e. The summed E-state index contributed by atoms with van der Waals surface area (Å²) >= 11 is 0. The SMILES string of the molecule is Oc1ccc(-c2cc3cc(F)ccc3o2)cc1. The van der Waals surface area contributed by atoms with Gasteiger partial charge in [-0.05, 0) is 48.5 Å². The van der Waals surface area contributed by atoms with E-state index < -0.39 is 0 Å². The number of hydrogen-bond acceptors (Lipinski definition) is 2. The highest BCUT2D eigenvalue weighted by Crippen LogP contribution is 2.29. The molecule has 0 atom stereocenters. The maximum Gasteiger partial charge on any atom is 0.135 e. The minimum atomic E-state index is -0.282. The van der Waals surface area contributed by atoms with Gasteiger partial charge >= 0.3 is 0 Å². The van der Waals surface area contributed by atoms with Crippen LogP contribution in [0.4, 0.5) is 4.39 Å². The average molecular weight is 228 g/mol. The summed E-state index contributed by atoms with van der Waals surface area (Å²) < 4.78 is 18.6. The fourth-order valence-electron chi connectivity index (χ4n) is 1.78. The summed E-state index contributed by atoms with van der Waals surface area (Å²) in [6.07, 6.45) is 0. The molecule has 3 rings (SSSR count). The van der Waals surface area contributed by atoms with Crippen LogP contribution in [0.2, 0.25) is 0 Å². The van der Waals surface area contributed by atoms with Crippen LogP contribution in [0.3, 0.4) is 0 Å². The summed E-state index contributed by atoms with van der Waals surface area (Å²) in [7, 11) is 0. The number of rotatable bonds is 1. The molecule has 0 fully saturated rings. The van der Waals surface area contributed by atoms with E-state index in [0.29, 0.717) is 11.3 Å². The zero-order valence-electron chi connectivity index (χ0n) is 8.85. The van der Waals surface area contributed by atoms with Gasteiger partial charge in [0.1, 0.15) is 22.9 Å². The first kappa shape index (κ1) is 9.90. The third-order valence-corrected chi connectivity index (χ3v) is 2.63. The van der Waals surface area contributed by atoms with Gasteiger partial charge < -0.3 is 9.52 Å². The van der Waals surface area contributed by atoms with Crippen LogP contribution >= 0.6 is 0 Å². The molecule has 0 spiro atoms. The van der Waals surface area contributed by atoms with E-state index in [9.17, 15) is 9.50 Å². The van der Waals surface area contributed by atoms with Crippen LogP contribution in [0.5, 0.6) is 5.75 Å². The minimum Gasteiger partial charge on any atom is -0.508 e. The van der Waals surface area contributed by atoms with E-state index in [1.807, 2.05) is 0 Å². The number of fused-ring (bicyclic) bond motifs is 1. The maximum absolute atomic E-state index is 13.0. The van der Waals surface area contributed by atoms with Crippen molar-refractivity contribution >= 4 is 11.0 Å². The molecule has 0 aliphatic rings. The number of phenolic OH excluding ortho intramolecular Hbond substituents is 1. The fraction of sp³-hybridized carbons (Fsp3) is 0. The molecule has 0 radical (unpaired) electrons. The molecule has 1 heterocycles. The molecule has 0 bridgehead atoms. The van der Waals surface area contributed by atoms with Crippen molar-refractivity contribution in [2.24, 2.45) is 0 Å². The second kappa shape index (κ2) is 3.63. The van der Waals surface area contributed by atoms with Gasteiger partial charge in [-0.25, -0.2) is 4.39 Å². The molecule has 0 saturated carbocycles. The molecule has 0 aliphatic carbocycles. The van der Waals surface area contributed by atoms with Crippen molar-refractivity contribution in [2.75, 3.05) is 0 Å².